The summed E-state index contributed by atoms with van der Waals surface area (Å²) in [4.78, 5) is 1.70. The largest absolute Gasteiger partial charge is 0.390 e. The lowest BCUT2D eigenvalue weighted by Gasteiger charge is -2.40. The summed E-state index contributed by atoms with van der Waals surface area (Å²) in [5.74, 6) is -2.32. The van der Waals surface area contributed by atoms with Gasteiger partial charge in [0.25, 0.3) is 5.92 Å². The smallest absolute Gasteiger partial charge is 0.283 e. The van der Waals surface area contributed by atoms with Crippen molar-refractivity contribution in [2.75, 3.05) is 26.2 Å². The van der Waals surface area contributed by atoms with Gasteiger partial charge < -0.3 is 5.11 Å². The lowest BCUT2D eigenvalue weighted by molar-refractivity contribution is -0.0923. The zero-order chi connectivity index (χ0) is 9.90. The fourth-order valence-corrected chi connectivity index (χ4v) is 1.77. The van der Waals surface area contributed by atoms with Gasteiger partial charge in [-0.05, 0) is 12.3 Å². The van der Waals surface area contributed by atoms with Gasteiger partial charge >= 0.3 is 0 Å². The van der Waals surface area contributed by atoms with E-state index in [-0.39, 0.29) is 6.54 Å². The van der Waals surface area contributed by atoms with Crippen molar-refractivity contribution in [1.29, 1.82) is 0 Å². The molecule has 2 nitrogen and oxygen atoms in total. The number of aliphatic hydroxyl groups excluding tert-OH is 1. The van der Waals surface area contributed by atoms with Gasteiger partial charge in [0.15, 0.2) is 0 Å². The molecule has 0 saturated carbocycles. The first-order valence-corrected chi connectivity index (χ1v) is 4.78. The zero-order valence-corrected chi connectivity index (χ0v) is 7.97. The van der Waals surface area contributed by atoms with Gasteiger partial charge in [-0.15, -0.1) is 0 Å². The highest BCUT2D eigenvalue weighted by Gasteiger charge is 2.36. The van der Waals surface area contributed by atoms with Crippen LogP contribution in [0.3, 0.4) is 0 Å². The summed E-state index contributed by atoms with van der Waals surface area (Å²) in [7, 11) is 0. The highest BCUT2D eigenvalue weighted by Crippen LogP contribution is 2.24. The number of halogens is 2. The molecule has 0 aromatic heterocycles. The van der Waals surface area contributed by atoms with Gasteiger partial charge in [-0.25, -0.2) is 8.78 Å². The first-order chi connectivity index (χ1) is 6.07. The summed E-state index contributed by atoms with van der Waals surface area (Å²) in [5, 5.41) is 8.36. The SMILES string of the molecule is CCCC1CN(CC(F)(F)CO)C1. The molecular weight excluding hydrogens is 176 g/mol. The third-order valence-corrected chi connectivity index (χ3v) is 2.42. The van der Waals surface area contributed by atoms with Crippen molar-refractivity contribution in [2.45, 2.75) is 25.7 Å². The van der Waals surface area contributed by atoms with Crippen molar-refractivity contribution in [1.82, 2.24) is 4.90 Å². The molecule has 13 heavy (non-hydrogen) atoms. The van der Waals surface area contributed by atoms with Crippen molar-refractivity contribution in [3.8, 4) is 0 Å². The highest BCUT2D eigenvalue weighted by molar-refractivity contribution is 4.83. The van der Waals surface area contributed by atoms with Crippen molar-refractivity contribution in [2.24, 2.45) is 5.92 Å². The van der Waals surface area contributed by atoms with Gasteiger partial charge in [-0.3, -0.25) is 4.90 Å². The molecule has 0 aromatic carbocycles. The Morgan fingerprint density at radius 2 is 2.08 bits per heavy atom. The van der Waals surface area contributed by atoms with E-state index in [0.29, 0.717) is 5.92 Å². The molecule has 1 aliphatic rings. The number of nitrogens with zero attached hydrogens (tertiary/aromatic N) is 1. The molecule has 0 aliphatic carbocycles. The first kappa shape index (κ1) is 10.9. The Kier molecular flexibility index (Phi) is 3.62. The maximum absolute atomic E-state index is 12.6. The number of aliphatic hydroxyl groups is 1. The van der Waals surface area contributed by atoms with E-state index in [0.717, 1.165) is 25.9 Å². The Labute approximate surface area is 77.5 Å². The van der Waals surface area contributed by atoms with E-state index in [2.05, 4.69) is 6.92 Å². The van der Waals surface area contributed by atoms with Gasteiger partial charge in [-0.1, -0.05) is 13.3 Å². The molecule has 78 valence electrons. The zero-order valence-electron chi connectivity index (χ0n) is 7.97. The quantitative estimate of drug-likeness (QED) is 0.712. The maximum Gasteiger partial charge on any atom is 0.283 e. The highest BCUT2D eigenvalue weighted by atomic mass is 19.3. The molecule has 0 amide bonds. The van der Waals surface area contributed by atoms with Crippen molar-refractivity contribution >= 4 is 0 Å². The summed E-state index contributed by atoms with van der Waals surface area (Å²) >= 11 is 0. The van der Waals surface area contributed by atoms with Gasteiger partial charge in [0.2, 0.25) is 0 Å². The van der Waals surface area contributed by atoms with Gasteiger partial charge in [0, 0.05) is 13.1 Å². The molecule has 0 unspecified atom stereocenters. The lowest BCUT2D eigenvalue weighted by atomic mass is 9.95. The van der Waals surface area contributed by atoms with Gasteiger partial charge in [-0.2, -0.15) is 0 Å². The fourth-order valence-electron chi connectivity index (χ4n) is 1.77. The molecule has 0 atom stereocenters. The Morgan fingerprint density at radius 1 is 1.46 bits per heavy atom. The van der Waals surface area contributed by atoms with Gasteiger partial charge in [0.05, 0.1) is 6.54 Å². The van der Waals surface area contributed by atoms with Crippen LogP contribution in [0.4, 0.5) is 8.78 Å². The Balaban J connectivity index is 2.14. The summed E-state index contributed by atoms with van der Waals surface area (Å²) in [6.07, 6.45) is 2.25. The van der Waals surface area contributed by atoms with Crippen molar-refractivity contribution in [3.63, 3.8) is 0 Å². The molecular formula is C9H17F2NO. The summed E-state index contributed by atoms with van der Waals surface area (Å²) < 4.78 is 25.3. The maximum atomic E-state index is 12.6. The van der Waals surface area contributed by atoms with Gasteiger partial charge in [0.1, 0.15) is 6.61 Å². The third kappa shape index (κ3) is 3.19. The monoisotopic (exact) mass is 193 g/mol. The third-order valence-electron chi connectivity index (χ3n) is 2.42. The average Bonchev–Trinajstić information content (AvgIpc) is 2.01. The van der Waals surface area contributed by atoms with Crippen LogP contribution in [0.25, 0.3) is 0 Å². The number of alkyl halides is 2. The Bertz CT molecular complexity index is 158. The Morgan fingerprint density at radius 3 is 2.54 bits per heavy atom. The average molecular weight is 193 g/mol. The van der Waals surface area contributed by atoms with E-state index in [1.165, 1.54) is 0 Å². The number of rotatable bonds is 5. The fraction of sp³-hybridized carbons (Fsp3) is 1.00. The predicted molar refractivity (Wildman–Crippen MR) is 46.9 cm³/mol. The molecule has 4 heteroatoms. The van der Waals surface area contributed by atoms with Crippen molar-refractivity contribution < 1.29 is 13.9 Å². The van der Waals surface area contributed by atoms with E-state index in [9.17, 15) is 8.78 Å². The van der Waals surface area contributed by atoms with E-state index in [1.807, 2.05) is 0 Å². The second-order valence-electron chi connectivity index (χ2n) is 3.86. The van der Waals surface area contributed by atoms with E-state index < -0.39 is 12.5 Å². The number of hydrogen-bond acceptors (Lipinski definition) is 2. The van der Waals surface area contributed by atoms with Crippen LogP contribution in [-0.4, -0.2) is 42.2 Å². The van der Waals surface area contributed by atoms with Crippen LogP contribution in [-0.2, 0) is 0 Å². The van der Waals surface area contributed by atoms with Crippen LogP contribution in [0, 0.1) is 5.92 Å². The van der Waals surface area contributed by atoms with E-state index >= 15 is 0 Å². The van der Waals surface area contributed by atoms with E-state index in [1.54, 1.807) is 4.90 Å². The lowest BCUT2D eigenvalue weighted by Crippen LogP contribution is -2.52. The second kappa shape index (κ2) is 4.33. The normalized spacial score (nSPS) is 20.3. The second-order valence-corrected chi connectivity index (χ2v) is 3.86. The molecule has 1 heterocycles. The minimum atomic E-state index is -2.92. The molecule has 0 radical (unpaired) electrons. The van der Waals surface area contributed by atoms with Crippen LogP contribution in [0.1, 0.15) is 19.8 Å². The first-order valence-electron chi connectivity index (χ1n) is 4.78. The summed E-state index contributed by atoms with van der Waals surface area (Å²) in [6.45, 7) is 2.31. The van der Waals surface area contributed by atoms with Crippen molar-refractivity contribution in [3.05, 3.63) is 0 Å². The topological polar surface area (TPSA) is 23.5 Å². The van der Waals surface area contributed by atoms with Crippen LogP contribution in [0.15, 0.2) is 0 Å². The molecule has 1 rings (SSSR count). The minimum absolute atomic E-state index is 0.288. The summed E-state index contributed by atoms with van der Waals surface area (Å²) in [5.41, 5.74) is 0. The molecule has 1 fully saturated rings. The molecule has 1 N–H and O–H groups in total. The summed E-state index contributed by atoms with van der Waals surface area (Å²) in [6, 6.07) is 0. The predicted octanol–water partition coefficient (Wildman–Crippen LogP) is 1.35. The van der Waals surface area contributed by atoms with Crippen LogP contribution in [0.2, 0.25) is 0 Å². The number of hydrogen-bond donors (Lipinski definition) is 1. The Hall–Kier alpha value is -0.220. The molecule has 1 aliphatic heterocycles. The standard InChI is InChI=1S/C9H17F2NO/c1-2-3-8-4-12(5-8)6-9(10,11)7-13/h8,13H,2-7H2,1H3. The molecule has 0 bridgehead atoms. The molecule has 1 saturated heterocycles. The van der Waals surface area contributed by atoms with Crippen LogP contribution in [0.5, 0.6) is 0 Å². The minimum Gasteiger partial charge on any atom is -0.390 e. The molecule has 0 spiro atoms. The van der Waals surface area contributed by atoms with E-state index in [4.69, 9.17) is 5.11 Å². The van der Waals surface area contributed by atoms with Crippen LogP contribution >= 0.6 is 0 Å². The van der Waals surface area contributed by atoms with Crippen LogP contribution < -0.4 is 0 Å². The molecule has 0 aromatic rings. The number of likely N-dealkylation sites (tertiary alicyclic amines) is 1.